The number of allylic oxidation sites excluding steroid dienone is 1. The van der Waals surface area contributed by atoms with E-state index in [0.29, 0.717) is 6.42 Å². The first kappa shape index (κ1) is 11.4. The molecule has 0 radical (unpaired) electrons. The molecule has 0 aliphatic rings. The lowest BCUT2D eigenvalue weighted by molar-refractivity contribution is -0.134. The first-order valence-corrected chi connectivity index (χ1v) is 5.07. The van der Waals surface area contributed by atoms with Gasteiger partial charge in [0.15, 0.2) is 0 Å². The molecule has 0 atom stereocenters. The van der Waals surface area contributed by atoms with E-state index >= 15 is 0 Å². The van der Waals surface area contributed by atoms with Crippen LogP contribution in [0.5, 0.6) is 0 Å². The number of thiazole rings is 1. The first-order valence-electron chi connectivity index (χ1n) is 4.19. The summed E-state index contributed by atoms with van der Waals surface area (Å²) in [7, 11) is 0. The van der Waals surface area contributed by atoms with Crippen molar-refractivity contribution in [3.63, 3.8) is 0 Å². The molecule has 1 aromatic rings. The molecule has 0 aliphatic heterocycles. The molecule has 1 aromatic heterocycles. The summed E-state index contributed by atoms with van der Waals surface area (Å²) < 4.78 is 0. The summed E-state index contributed by atoms with van der Waals surface area (Å²) in [5.74, 6) is -1.55. The summed E-state index contributed by atoms with van der Waals surface area (Å²) >= 11 is 1.43. The molecule has 6 heteroatoms. The molecule has 0 saturated heterocycles. The monoisotopic (exact) mass is 226 g/mol. The van der Waals surface area contributed by atoms with Crippen molar-refractivity contribution < 1.29 is 14.7 Å². The topological polar surface area (TPSA) is 79.3 Å². The fourth-order valence-electron chi connectivity index (χ4n) is 0.925. The van der Waals surface area contributed by atoms with Gasteiger partial charge in [-0.25, -0.2) is 9.78 Å². The second kappa shape index (κ2) is 5.26. The van der Waals surface area contributed by atoms with E-state index in [1.807, 2.05) is 5.38 Å². The van der Waals surface area contributed by atoms with Crippen molar-refractivity contribution in [3.8, 4) is 0 Å². The van der Waals surface area contributed by atoms with E-state index in [1.165, 1.54) is 24.3 Å². The van der Waals surface area contributed by atoms with Crippen molar-refractivity contribution in [2.45, 2.75) is 13.3 Å². The van der Waals surface area contributed by atoms with Crippen LogP contribution < -0.4 is 5.32 Å². The molecule has 1 rings (SSSR count). The van der Waals surface area contributed by atoms with Gasteiger partial charge in [-0.15, -0.1) is 11.3 Å². The van der Waals surface area contributed by atoms with E-state index in [-0.39, 0.29) is 5.70 Å². The molecule has 0 aliphatic carbocycles. The van der Waals surface area contributed by atoms with E-state index < -0.39 is 11.9 Å². The lowest BCUT2D eigenvalue weighted by atomic mass is 10.3. The van der Waals surface area contributed by atoms with Crippen molar-refractivity contribution in [1.29, 1.82) is 0 Å². The number of nitrogens with one attached hydrogen (secondary N) is 1. The summed E-state index contributed by atoms with van der Waals surface area (Å²) in [6.45, 7) is 1.26. The summed E-state index contributed by atoms with van der Waals surface area (Å²) in [5, 5.41) is 13.6. The van der Waals surface area contributed by atoms with Gasteiger partial charge in [0.25, 0.3) is 0 Å². The van der Waals surface area contributed by atoms with Gasteiger partial charge in [-0.2, -0.15) is 0 Å². The Morgan fingerprint density at radius 3 is 2.87 bits per heavy atom. The molecule has 0 saturated carbocycles. The quantitative estimate of drug-likeness (QED) is 0.744. The maximum atomic E-state index is 10.7. The smallest absolute Gasteiger partial charge is 0.352 e. The predicted molar refractivity (Wildman–Crippen MR) is 55.4 cm³/mol. The van der Waals surface area contributed by atoms with Crippen molar-refractivity contribution in [1.82, 2.24) is 10.3 Å². The van der Waals surface area contributed by atoms with Gasteiger partial charge >= 0.3 is 5.97 Å². The molecule has 2 N–H and O–H groups in total. The third-order valence-electron chi connectivity index (χ3n) is 1.51. The third kappa shape index (κ3) is 3.90. The number of carbonyl (C=O) groups is 2. The number of nitrogens with zero attached hydrogens (tertiary/aromatic N) is 1. The molecule has 80 valence electrons. The largest absolute Gasteiger partial charge is 0.477 e. The highest BCUT2D eigenvalue weighted by molar-refractivity contribution is 7.09. The maximum absolute atomic E-state index is 10.7. The molecule has 0 bridgehead atoms. The van der Waals surface area contributed by atoms with Gasteiger partial charge in [-0.05, 0) is 6.08 Å². The second-order valence-electron chi connectivity index (χ2n) is 2.73. The highest BCUT2D eigenvalue weighted by atomic mass is 32.1. The number of hydrogen-bond acceptors (Lipinski definition) is 4. The molecular formula is C9H10N2O3S. The Morgan fingerprint density at radius 2 is 2.40 bits per heavy atom. The van der Waals surface area contributed by atoms with Crippen LogP contribution in [0.15, 0.2) is 23.3 Å². The Balaban J connectivity index is 2.67. The molecule has 0 fully saturated rings. The van der Waals surface area contributed by atoms with Gasteiger partial charge in [0.05, 0.1) is 5.01 Å². The average molecular weight is 226 g/mol. The molecular weight excluding hydrogens is 216 g/mol. The number of carboxylic acid groups (broad SMARTS) is 1. The van der Waals surface area contributed by atoms with E-state index in [4.69, 9.17) is 5.11 Å². The van der Waals surface area contributed by atoms with Crippen molar-refractivity contribution in [2.75, 3.05) is 0 Å². The van der Waals surface area contributed by atoms with Gasteiger partial charge < -0.3 is 10.4 Å². The normalized spacial score (nSPS) is 11.1. The SMILES string of the molecule is CC(=O)N/C(=C/Cc1nccs1)C(=O)O. The van der Waals surface area contributed by atoms with Gasteiger partial charge in [0, 0.05) is 24.9 Å². The predicted octanol–water partition coefficient (Wildman–Crippen LogP) is 0.790. The lowest BCUT2D eigenvalue weighted by Crippen LogP contribution is -2.24. The third-order valence-corrected chi connectivity index (χ3v) is 2.31. The van der Waals surface area contributed by atoms with Crippen LogP contribution in [0, 0.1) is 0 Å². The van der Waals surface area contributed by atoms with E-state index in [2.05, 4.69) is 10.3 Å². The van der Waals surface area contributed by atoms with Crippen LogP contribution in [0.25, 0.3) is 0 Å². The molecule has 0 unspecified atom stereocenters. The van der Waals surface area contributed by atoms with Gasteiger partial charge in [0.1, 0.15) is 5.70 Å². The second-order valence-corrected chi connectivity index (χ2v) is 3.71. The number of amides is 1. The summed E-state index contributed by atoms with van der Waals surface area (Å²) in [4.78, 5) is 25.4. The summed E-state index contributed by atoms with van der Waals surface area (Å²) in [5.41, 5.74) is -0.113. The number of rotatable bonds is 4. The highest BCUT2D eigenvalue weighted by Crippen LogP contribution is 2.06. The van der Waals surface area contributed by atoms with Crippen LogP contribution >= 0.6 is 11.3 Å². The van der Waals surface area contributed by atoms with Crippen LogP contribution in [-0.4, -0.2) is 22.0 Å². The summed E-state index contributed by atoms with van der Waals surface area (Å²) in [6.07, 6.45) is 3.48. The van der Waals surface area contributed by atoms with Crippen LogP contribution in [-0.2, 0) is 16.0 Å². The molecule has 0 aromatic carbocycles. The van der Waals surface area contributed by atoms with Crippen molar-refractivity contribution >= 4 is 23.2 Å². The van der Waals surface area contributed by atoms with E-state index in [0.717, 1.165) is 5.01 Å². The fraction of sp³-hybridized carbons (Fsp3) is 0.222. The minimum absolute atomic E-state index is 0.113. The van der Waals surface area contributed by atoms with Crippen molar-refractivity contribution in [2.24, 2.45) is 0 Å². The van der Waals surface area contributed by atoms with Crippen LogP contribution in [0.1, 0.15) is 11.9 Å². The van der Waals surface area contributed by atoms with Gasteiger partial charge in [-0.1, -0.05) is 0 Å². The molecule has 1 heterocycles. The van der Waals surface area contributed by atoms with Crippen LogP contribution in [0.2, 0.25) is 0 Å². The van der Waals surface area contributed by atoms with Crippen molar-refractivity contribution in [3.05, 3.63) is 28.4 Å². The number of carboxylic acids is 1. The Bertz CT molecular complexity index is 384. The zero-order chi connectivity index (χ0) is 11.3. The molecule has 5 nitrogen and oxygen atoms in total. The maximum Gasteiger partial charge on any atom is 0.352 e. The Labute approximate surface area is 90.5 Å². The zero-order valence-corrected chi connectivity index (χ0v) is 8.87. The number of carbonyl (C=O) groups excluding carboxylic acids is 1. The fourth-order valence-corrected chi connectivity index (χ4v) is 1.50. The molecule has 0 spiro atoms. The standard InChI is InChI=1S/C9H10N2O3S/c1-6(12)11-7(9(13)14)2-3-8-10-4-5-15-8/h2,4-5H,3H2,1H3,(H,11,12)(H,13,14)/b7-2+. The van der Waals surface area contributed by atoms with Crippen LogP contribution in [0.4, 0.5) is 0 Å². The highest BCUT2D eigenvalue weighted by Gasteiger charge is 2.08. The summed E-state index contributed by atoms with van der Waals surface area (Å²) in [6, 6.07) is 0. The minimum Gasteiger partial charge on any atom is -0.477 e. The minimum atomic E-state index is -1.15. The van der Waals surface area contributed by atoms with Gasteiger partial charge in [0.2, 0.25) is 5.91 Å². The van der Waals surface area contributed by atoms with Gasteiger partial charge in [-0.3, -0.25) is 4.79 Å². The Morgan fingerprint density at radius 1 is 1.67 bits per heavy atom. The zero-order valence-electron chi connectivity index (χ0n) is 8.06. The molecule has 15 heavy (non-hydrogen) atoms. The number of aliphatic carboxylic acids is 1. The first-order chi connectivity index (χ1) is 7.09. The number of aromatic nitrogens is 1. The van der Waals surface area contributed by atoms with E-state index in [1.54, 1.807) is 6.20 Å². The Kier molecular flexibility index (Phi) is 3.99. The number of hydrogen-bond donors (Lipinski definition) is 2. The van der Waals surface area contributed by atoms with Crippen LogP contribution in [0.3, 0.4) is 0 Å². The lowest BCUT2D eigenvalue weighted by Gasteiger charge is -2.01. The van der Waals surface area contributed by atoms with E-state index in [9.17, 15) is 9.59 Å². The average Bonchev–Trinajstić information content (AvgIpc) is 2.63. The molecule has 1 amide bonds. The Hall–Kier alpha value is -1.69.